The van der Waals surface area contributed by atoms with Crippen molar-refractivity contribution in [2.75, 3.05) is 12.3 Å². The molecule has 1 rings (SSSR count). The topological polar surface area (TPSA) is 92.4 Å². The highest BCUT2D eigenvalue weighted by Gasteiger charge is 2.21. The minimum absolute atomic E-state index is 0.0172. The molecule has 4 N–H and O–H groups in total. The van der Waals surface area contributed by atoms with Gasteiger partial charge in [-0.3, -0.25) is 0 Å². The minimum atomic E-state index is -3.60. The molecule has 6 heteroatoms. The predicted octanol–water partition coefficient (Wildman–Crippen LogP) is 0.564. The van der Waals surface area contributed by atoms with Crippen molar-refractivity contribution < 1.29 is 13.5 Å². The molecular formula is C11H18N2O3S. The Morgan fingerprint density at radius 2 is 1.82 bits per heavy atom. The molecule has 0 aliphatic rings. The van der Waals surface area contributed by atoms with Gasteiger partial charge in [0, 0.05) is 11.7 Å². The van der Waals surface area contributed by atoms with Crippen molar-refractivity contribution in [3.63, 3.8) is 0 Å². The summed E-state index contributed by atoms with van der Waals surface area (Å²) in [5.74, 6) is 0.0172. The Hall–Kier alpha value is -1.11. The molecule has 0 aliphatic carbocycles. The van der Waals surface area contributed by atoms with Crippen molar-refractivity contribution in [3.8, 4) is 0 Å². The molecule has 1 aromatic carbocycles. The quantitative estimate of drug-likeness (QED) is 0.673. The highest BCUT2D eigenvalue weighted by Crippen LogP contribution is 2.13. The van der Waals surface area contributed by atoms with E-state index in [9.17, 15) is 8.42 Å². The monoisotopic (exact) mass is 258 g/mol. The van der Waals surface area contributed by atoms with Crippen LogP contribution in [0.1, 0.15) is 13.8 Å². The summed E-state index contributed by atoms with van der Waals surface area (Å²) in [7, 11) is -3.60. The van der Waals surface area contributed by atoms with E-state index in [1.54, 1.807) is 0 Å². The van der Waals surface area contributed by atoms with Crippen LogP contribution in [0.25, 0.3) is 0 Å². The summed E-state index contributed by atoms with van der Waals surface area (Å²) in [5, 5.41) is 9.10. The van der Waals surface area contributed by atoms with Crippen LogP contribution >= 0.6 is 0 Å². The smallest absolute Gasteiger partial charge is 0.240 e. The summed E-state index contributed by atoms with van der Waals surface area (Å²) >= 11 is 0. The lowest BCUT2D eigenvalue weighted by Gasteiger charge is -2.19. The second-order valence-corrected chi connectivity index (χ2v) is 5.94. The molecule has 0 fully saturated rings. The number of hydrogen-bond acceptors (Lipinski definition) is 4. The third kappa shape index (κ3) is 3.69. The molecule has 0 radical (unpaired) electrons. The zero-order chi connectivity index (χ0) is 13.1. The lowest BCUT2D eigenvalue weighted by atomic mass is 10.1. The average molecular weight is 258 g/mol. The van der Waals surface area contributed by atoms with Gasteiger partial charge in [-0.1, -0.05) is 13.8 Å². The molecule has 1 atom stereocenters. The Labute approximate surface area is 102 Å². The molecule has 0 unspecified atom stereocenters. The summed E-state index contributed by atoms with van der Waals surface area (Å²) < 4.78 is 26.4. The standard InChI is InChI=1S/C11H18N2O3S/c1-8(2)11(7-14)13-17(15,16)10-5-3-9(12)4-6-10/h3-6,8,11,13-14H,7,12H2,1-2H3/t11-/m1/s1. The summed E-state index contributed by atoms with van der Waals surface area (Å²) in [4.78, 5) is 0.144. The molecular weight excluding hydrogens is 240 g/mol. The van der Waals surface area contributed by atoms with Crippen LogP contribution in [0.15, 0.2) is 29.2 Å². The fourth-order valence-corrected chi connectivity index (χ4v) is 2.67. The first-order valence-electron chi connectivity index (χ1n) is 5.35. The minimum Gasteiger partial charge on any atom is -0.399 e. The SMILES string of the molecule is CC(C)[C@@H](CO)NS(=O)(=O)c1ccc(N)cc1. The summed E-state index contributed by atoms with van der Waals surface area (Å²) in [6.07, 6.45) is 0. The van der Waals surface area contributed by atoms with E-state index in [2.05, 4.69) is 4.72 Å². The van der Waals surface area contributed by atoms with E-state index in [-0.39, 0.29) is 17.4 Å². The van der Waals surface area contributed by atoms with Crippen LogP contribution in [0.4, 0.5) is 5.69 Å². The molecule has 0 amide bonds. The highest BCUT2D eigenvalue weighted by atomic mass is 32.2. The number of sulfonamides is 1. The molecule has 5 nitrogen and oxygen atoms in total. The molecule has 0 saturated carbocycles. The maximum atomic E-state index is 12.0. The van der Waals surface area contributed by atoms with Gasteiger partial charge in [-0.2, -0.15) is 0 Å². The Balaban J connectivity index is 2.92. The number of hydrogen-bond donors (Lipinski definition) is 3. The molecule has 0 spiro atoms. The highest BCUT2D eigenvalue weighted by molar-refractivity contribution is 7.89. The van der Waals surface area contributed by atoms with Crippen LogP contribution in [0.3, 0.4) is 0 Å². The number of nitrogen functional groups attached to an aromatic ring is 1. The van der Waals surface area contributed by atoms with Gasteiger partial charge in [-0.05, 0) is 30.2 Å². The third-order valence-electron chi connectivity index (χ3n) is 2.50. The van der Waals surface area contributed by atoms with E-state index in [1.807, 2.05) is 13.8 Å². The maximum Gasteiger partial charge on any atom is 0.240 e. The molecule has 0 aromatic heterocycles. The van der Waals surface area contributed by atoms with Gasteiger partial charge in [-0.25, -0.2) is 13.1 Å². The largest absolute Gasteiger partial charge is 0.399 e. The van der Waals surface area contributed by atoms with E-state index in [0.717, 1.165) is 0 Å². The van der Waals surface area contributed by atoms with Gasteiger partial charge in [-0.15, -0.1) is 0 Å². The van der Waals surface area contributed by atoms with Gasteiger partial charge in [0.1, 0.15) is 0 Å². The van der Waals surface area contributed by atoms with Gasteiger partial charge in [0.15, 0.2) is 0 Å². The normalized spacial score (nSPS) is 13.9. The lowest BCUT2D eigenvalue weighted by molar-refractivity contribution is 0.227. The van der Waals surface area contributed by atoms with E-state index in [1.165, 1.54) is 24.3 Å². The number of aliphatic hydroxyl groups is 1. The van der Waals surface area contributed by atoms with Crippen molar-refractivity contribution >= 4 is 15.7 Å². The lowest BCUT2D eigenvalue weighted by Crippen LogP contribution is -2.41. The van der Waals surface area contributed by atoms with E-state index in [4.69, 9.17) is 10.8 Å². The molecule has 1 aromatic rings. The van der Waals surface area contributed by atoms with Crippen LogP contribution < -0.4 is 10.5 Å². The van der Waals surface area contributed by atoms with Crippen LogP contribution in [0, 0.1) is 5.92 Å². The van der Waals surface area contributed by atoms with Gasteiger partial charge < -0.3 is 10.8 Å². The Bertz CT molecular complexity index is 454. The Morgan fingerprint density at radius 3 is 2.24 bits per heavy atom. The van der Waals surface area contributed by atoms with Crippen molar-refractivity contribution in [1.82, 2.24) is 4.72 Å². The fourth-order valence-electron chi connectivity index (χ4n) is 1.30. The van der Waals surface area contributed by atoms with E-state index < -0.39 is 16.1 Å². The van der Waals surface area contributed by atoms with E-state index in [0.29, 0.717) is 5.69 Å². The number of anilines is 1. The van der Waals surface area contributed by atoms with Crippen LogP contribution in [-0.2, 0) is 10.0 Å². The van der Waals surface area contributed by atoms with Crippen LogP contribution in [0.2, 0.25) is 0 Å². The zero-order valence-corrected chi connectivity index (χ0v) is 10.7. The molecule has 0 bridgehead atoms. The fraction of sp³-hybridized carbons (Fsp3) is 0.455. The second kappa shape index (κ2) is 5.48. The van der Waals surface area contributed by atoms with Gasteiger partial charge >= 0.3 is 0 Å². The summed E-state index contributed by atoms with van der Waals surface area (Å²) in [6, 6.07) is 5.44. The maximum absolute atomic E-state index is 12.0. The molecule has 0 aliphatic heterocycles. The van der Waals surface area contributed by atoms with Crippen LogP contribution in [0.5, 0.6) is 0 Å². The van der Waals surface area contributed by atoms with Gasteiger partial charge in [0.2, 0.25) is 10.0 Å². The number of rotatable bonds is 5. The average Bonchev–Trinajstić information content (AvgIpc) is 2.26. The number of nitrogens with one attached hydrogen (secondary N) is 1. The first-order valence-corrected chi connectivity index (χ1v) is 6.84. The van der Waals surface area contributed by atoms with Crippen molar-refractivity contribution in [1.29, 1.82) is 0 Å². The zero-order valence-electron chi connectivity index (χ0n) is 9.92. The molecule has 0 heterocycles. The van der Waals surface area contributed by atoms with E-state index >= 15 is 0 Å². The number of nitrogens with two attached hydrogens (primary N) is 1. The molecule has 17 heavy (non-hydrogen) atoms. The van der Waals surface area contributed by atoms with Crippen LogP contribution in [-0.4, -0.2) is 26.2 Å². The molecule has 0 saturated heterocycles. The van der Waals surface area contributed by atoms with Crippen molar-refractivity contribution in [2.24, 2.45) is 5.92 Å². The van der Waals surface area contributed by atoms with Crippen molar-refractivity contribution in [2.45, 2.75) is 24.8 Å². The van der Waals surface area contributed by atoms with Gasteiger partial charge in [0.05, 0.1) is 11.5 Å². The first kappa shape index (κ1) is 14.0. The first-order chi connectivity index (χ1) is 7.86. The number of benzene rings is 1. The third-order valence-corrected chi connectivity index (χ3v) is 4.00. The predicted molar refractivity (Wildman–Crippen MR) is 66.9 cm³/mol. The van der Waals surface area contributed by atoms with Crippen molar-refractivity contribution in [3.05, 3.63) is 24.3 Å². The Morgan fingerprint density at radius 1 is 1.29 bits per heavy atom. The Kier molecular flexibility index (Phi) is 4.50. The van der Waals surface area contributed by atoms with Gasteiger partial charge in [0.25, 0.3) is 0 Å². The summed E-state index contributed by atoms with van der Waals surface area (Å²) in [5.41, 5.74) is 6.00. The molecule has 96 valence electrons. The summed E-state index contributed by atoms with van der Waals surface area (Å²) in [6.45, 7) is 3.45. The number of aliphatic hydroxyl groups excluding tert-OH is 1. The second-order valence-electron chi connectivity index (χ2n) is 4.22.